The van der Waals surface area contributed by atoms with Crippen molar-refractivity contribution in [2.45, 2.75) is 6.92 Å². The van der Waals surface area contributed by atoms with Gasteiger partial charge in [-0.05, 0) is 43.3 Å². The summed E-state index contributed by atoms with van der Waals surface area (Å²) >= 11 is 0. The molecule has 1 heterocycles. The first-order chi connectivity index (χ1) is 13.9. The maximum atomic E-state index is 13.4. The number of nitrogens with one attached hydrogen (secondary N) is 1. The van der Waals surface area contributed by atoms with Crippen LogP contribution in [0.25, 0.3) is 0 Å². The van der Waals surface area contributed by atoms with Crippen molar-refractivity contribution < 1.29 is 27.9 Å². The van der Waals surface area contributed by atoms with Crippen LogP contribution in [-0.2, 0) is 9.53 Å². The van der Waals surface area contributed by atoms with Crippen LogP contribution in [0.5, 0.6) is 0 Å². The van der Waals surface area contributed by atoms with Crippen LogP contribution < -0.4 is 10.2 Å². The summed E-state index contributed by atoms with van der Waals surface area (Å²) in [5.41, 5.74) is 1.06. The van der Waals surface area contributed by atoms with E-state index in [1.807, 2.05) is 0 Å². The Labute approximate surface area is 165 Å². The summed E-state index contributed by atoms with van der Waals surface area (Å²) in [4.78, 5) is 38.9. The molecule has 2 aromatic carbocycles. The van der Waals surface area contributed by atoms with Gasteiger partial charge >= 0.3 is 12.0 Å². The van der Waals surface area contributed by atoms with Crippen LogP contribution in [0.4, 0.5) is 25.0 Å². The first-order valence-electron chi connectivity index (χ1n) is 8.97. The van der Waals surface area contributed by atoms with E-state index in [1.54, 1.807) is 19.1 Å². The Kier molecular flexibility index (Phi) is 6.06. The second-order valence-corrected chi connectivity index (χ2v) is 6.30. The van der Waals surface area contributed by atoms with Crippen LogP contribution in [-0.4, -0.2) is 49.0 Å². The number of ether oxygens (including phenoxy) is 1. The molecule has 0 saturated carbocycles. The molecule has 3 rings (SSSR count). The summed E-state index contributed by atoms with van der Waals surface area (Å²) in [5.74, 6) is -2.91. The number of nitrogens with zero attached hydrogens (tertiary/aromatic N) is 2. The van der Waals surface area contributed by atoms with Gasteiger partial charge in [0, 0.05) is 30.5 Å². The van der Waals surface area contributed by atoms with Gasteiger partial charge in [-0.2, -0.15) is 0 Å². The maximum absolute atomic E-state index is 13.4. The molecule has 1 saturated heterocycles. The number of hydrogen-bond acceptors (Lipinski definition) is 4. The monoisotopic (exact) mass is 403 g/mol. The van der Waals surface area contributed by atoms with E-state index in [2.05, 4.69) is 5.32 Å². The summed E-state index contributed by atoms with van der Waals surface area (Å²) in [6.45, 7) is 2.31. The molecule has 9 heteroatoms. The molecule has 152 valence electrons. The van der Waals surface area contributed by atoms with Crippen LogP contribution >= 0.6 is 0 Å². The lowest BCUT2D eigenvalue weighted by Crippen LogP contribution is -2.37. The molecule has 2 aromatic rings. The van der Waals surface area contributed by atoms with E-state index in [-0.39, 0.29) is 31.9 Å². The minimum atomic E-state index is -1.04. The number of benzene rings is 2. The Balaban J connectivity index is 1.57. The Bertz CT molecular complexity index is 934. The normalized spacial score (nSPS) is 13.6. The number of halogens is 2. The zero-order chi connectivity index (χ0) is 21.0. The minimum Gasteiger partial charge on any atom is -0.462 e. The Morgan fingerprint density at radius 2 is 1.79 bits per heavy atom. The van der Waals surface area contributed by atoms with E-state index in [0.29, 0.717) is 11.3 Å². The highest BCUT2D eigenvalue weighted by molar-refractivity contribution is 5.99. The van der Waals surface area contributed by atoms with Gasteiger partial charge in [0.25, 0.3) is 0 Å². The van der Waals surface area contributed by atoms with Crippen molar-refractivity contribution in [2.75, 3.05) is 36.5 Å². The molecule has 3 amide bonds. The van der Waals surface area contributed by atoms with Gasteiger partial charge in [0.1, 0.15) is 6.54 Å². The summed E-state index contributed by atoms with van der Waals surface area (Å²) in [6, 6.07) is 8.91. The highest BCUT2D eigenvalue weighted by Gasteiger charge is 2.31. The molecule has 1 fully saturated rings. The molecule has 0 aliphatic carbocycles. The van der Waals surface area contributed by atoms with E-state index in [9.17, 15) is 23.2 Å². The zero-order valence-corrected chi connectivity index (χ0v) is 15.7. The molecule has 0 radical (unpaired) electrons. The van der Waals surface area contributed by atoms with E-state index in [1.165, 1.54) is 28.0 Å². The number of urea groups is 1. The van der Waals surface area contributed by atoms with E-state index < -0.39 is 29.5 Å². The average molecular weight is 403 g/mol. The van der Waals surface area contributed by atoms with Crippen molar-refractivity contribution in [3.05, 3.63) is 59.7 Å². The van der Waals surface area contributed by atoms with Gasteiger partial charge in [0.2, 0.25) is 5.91 Å². The Morgan fingerprint density at radius 1 is 1.07 bits per heavy atom. The topological polar surface area (TPSA) is 79.0 Å². The SMILES string of the molecule is CCOC(=O)c1ccc(NC(=O)CN2CCN(c3ccc(F)c(F)c3)C2=O)cc1. The third-order valence-corrected chi connectivity index (χ3v) is 4.32. The maximum Gasteiger partial charge on any atom is 0.338 e. The largest absolute Gasteiger partial charge is 0.462 e. The number of hydrogen-bond donors (Lipinski definition) is 1. The molecule has 29 heavy (non-hydrogen) atoms. The van der Waals surface area contributed by atoms with Crippen molar-refractivity contribution in [3.63, 3.8) is 0 Å². The smallest absolute Gasteiger partial charge is 0.338 e. The summed E-state index contributed by atoms with van der Waals surface area (Å²) < 4.78 is 31.4. The first kappa shape index (κ1) is 20.2. The van der Waals surface area contributed by atoms with Gasteiger partial charge < -0.3 is 15.0 Å². The van der Waals surface area contributed by atoms with Crippen LogP contribution in [0.3, 0.4) is 0 Å². The fourth-order valence-electron chi connectivity index (χ4n) is 2.90. The minimum absolute atomic E-state index is 0.196. The van der Waals surface area contributed by atoms with Crippen molar-refractivity contribution in [2.24, 2.45) is 0 Å². The fourth-order valence-corrected chi connectivity index (χ4v) is 2.90. The number of esters is 1. The molecule has 0 unspecified atom stereocenters. The average Bonchev–Trinajstić information content (AvgIpc) is 3.05. The van der Waals surface area contributed by atoms with Crippen LogP contribution in [0.15, 0.2) is 42.5 Å². The molecule has 1 aliphatic heterocycles. The number of rotatable bonds is 6. The van der Waals surface area contributed by atoms with Gasteiger partial charge in [-0.25, -0.2) is 18.4 Å². The second-order valence-electron chi connectivity index (χ2n) is 6.30. The Hall–Kier alpha value is -3.49. The van der Waals surface area contributed by atoms with Crippen molar-refractivity contribution in [1.29, 1.82) is 0 Å². The van der Waals surface area contributed by atoms with Gasteiger partial charge in [-0.3, -0.25) is 9.69 Å². The summed E-state index contributed by atoms with van der Waals surface area (Å²) in [6.07, 6.45) is 0. The molecular weight excluding hydrogens is 384 g/mol. The van der Waals surface area contributed by atoms with Crippen molar-refractivity contribution in [1.82, 2.24) is 4.90 Å². The van der Waals surface area contributed by atoms with E-state index >= 15 is 0 Å². The molecule has 0 bridgehead atoms. The second kappa shape index (κ2) is 8.68. The van der Waals surface area contributed by atoms with Crippen molar-refractivity contribution in [3.8, 4) is 0 Å². The van der Waals surface area contributed by atoms with E-state index in [4.69, 9.17) is 4.74 Å². The van der Waals surface area contributed by atoms with Crippen LogP contribution in [0.2, 0.25) is 0 Å². The molecule has 0 spiro atoms. The standard InChI is InChI=1S/C20H19F2N3O4/c1-2-29-19(27)13-3-5-14(6-4-13)23-18(26)12-24-9-10-25(20(24)28)15-7-8-16(21)17(22)11-15/h3-8,11H,2,9-10,12H2,1H3,(H,23,26). The van der Waals surface area contributed by atoms with Crippen molar-refractivity contribution >= 4 is 29.3 Å². The highest BCUT2D eigenvalue weighted by atomic mass is 19.2. The fraction of sp³-hybridized carbons (Fsp3) is 0.250. The highest BCUT2D eigenvalue weighted by Crippen LogP contribution is 2.22. The van der Waals surface area contributed by atoms with Gasteiger partial charge in [-0.1, -0.05) is 0 Å². The molecule has 0 aromatic heterocycles. The van der Waals surface area contributed by atoms with Gasteiger partial charge in [0.15, 0.2) is 11.6 Å². The molecule has 0 atom stereocenters. The third-order valence-electron chi connectivity index (χ3n) is 4.32. The number of amides is 3. The lowest BCUT2D eigenvalue weighted by atomic mass is 10.2. The molecule has 7 nitrogen and oxygen atoms in total. The molecule has 1 aliphatic rings. The molecular formula is C20H19F2N3O4. The molecule has 1 N–H and O–H groups in total. The lowest BCUT2D eigenvalue weighted by Gasteiger charge is -2.18. The number of anilines is 2. The number of carbonyl (C=O) groups is 3. The quantitative estimate of drug-likeness (QED) is 0.752. The Morgan fingerprint density at radius 3 is 2.45 bits per heavy atom. The van der Waals surface area contributed by atoms with Gasteiger partial charge in [0.05, 0.1) is 12.2 Å². The number of carbonyl (C=O) groups excluding carboxylic acids is 3. The van der Waals surface area contributed by atoms with Crippen LogP contribution in [0, 0.1) is 11.6 Å². The van der Waals surface area contributed by atoms with E-state index in [0.717, 1.165) is 12.1 Å². The first-order valence-corrected chi connectivity index (χ1v) is 8.97. The predicted octanol–water partition coefficient (Wildman–Crippen LogP) is 3.02. The summed E-state index contributed by atoms with van der Waals surface area (Å²) in [5, 5.41) is 2.65. The predicted molar refractivity (Wildman–Crippen MR) is 102 cm³/mol. The zero-order valence-electron chi connectivity index (χ0n) is 15.7. The third kappa shape index (κ3) is 4.68. The van der Waals surface area contributed by atoms with Gasteiger partial charge in [-0.15, -0.1) is 0 Å². The van der Waals surface area contributed by atoms with Crippen LogP contribution in [0.1, 0.15) is 17.3 Å². The lowest BCUT2D eigenvalue weighted by molar-refractivity contribution is -0.116. The summed E-state index contributed by atoms with van der Waals surface area (Å²) in [7, 11) is 0.